The molecule has 0 aliphatic carbocycles. The van der Waals surface area contributed by atoms with Gasteiger partial charge in [-0.15, -0.1) is 0 Å². The Morgan fingerprint density at radius 1 is 1.45 bits per heavy atom. The molecule has 1 aliphatic heterocycles. The molecule has 1 rings (SSSR count). The number of likely N-dealkylation sites (tertiary alicyclic amines) is 1. The Morgan fingerprint density at radius 2 is 2.10 bits per heavy atom. The highest BCUT2D eigenvalue weighted by atomic mass is 16.4. The van der Waals surface area contributed by atoms with Gasteiger partial charge in [0.15, 0.2) is 0 Å². The zero-order valence-corrected chi connectivity index (χ0v) is 12.4. The van der Waals surface area contributed by atoms with Gasteiger partial charge in [-0.1, -0.05) is 27.2 Å². The monoisotopic (exact) mass is 284 g/mol. The highest BCUT2D eigenvalue weighted by Gasteiger charge is 2.35. The number of amides is 2. The molecule has 0 aromatic heterocycles. The largest absolute Gasteiger partial charge is 0.480 e. The van der Waals surface area contributed by atoms with Crippen molar-refractivity contribution in [3.05, 3.63) is 0 Å². The topological polar surface area (TPSA) is 86.7 Å². The number of nitrogens with one attached hydrogen (secondary N) is 1. The van der Waals surface area contributed by atoms with Crippen LogP contribution >= 0.6 is 0 Å². The fourth-order valence-electron chi connectivity index (χ4n) is 2.40. The highest BCUT2D eigenvalue weighted by Crippen LogP contribution is 2.19. The summed E-state index contributed by atoms with van der Waals surface area (Å²) in [6.07, 6.45) is 1.26. The van der Waals surface area contributed by atoms with Crippen LogP contribution in [0.3, 0.4) is 0 Å². The van der Waals surface area contributed by atoms with Gasteiger partial charge in [-0.3, -0.25) is 9.59 Å². The molecule has 2 N–H and O–H groups in total. The van der Waals surface area contributed by atoms with Crippen molar-refractivity contribution < 1.29 is 19.5 Å². The number of aliphatic carboxylic acids is 1. The number of nitrogens with zero attached hydrogens (tertiary/aromatic N) is 1. The van der Waals surface area contributed by atoms with Gasteiger partial charge in [0.25, 0.3) is 0 Å². The second-order valence-electron chi connectivity index (χ2n) is 5.78. The number of rotatable bonds is 7. The van der Waals surface area contributed by atoms with E-state index in [4.69, 9.17) is 5.11 Å². The molecule has 0 aromatic rings. The van der Waals surface area contributed by atoms with Crippen LogP contribution < -0.4 is 5.32 Å². The molecule has 0 saturated carbocycles. The number of carboxylic acid groups (broad SMARTS) is 1. The van der Waals surface area contributed by atoms with E-state index in [2.05, 4.69) is 5.32 Å². The summed E-state index contributed by atoms with van der Waals surface area (Å²) in [5.74, 6) is -1.46. The lowest BCUT2D eigenvalue weighted by atomic mass is 10.1. The molecule has 0 spiro atoms. The first-order chi connectivity index (χ1) is 9.35. The van der Waals surface area contributed by atoms with Crippen molar-refractivity contribution in [1.29, 1.82) is 0 Å². The molecule has 6 nitrogen and oxygen atoms in total. The van der Waals surface area contributed by atoms with E-state index in [0.29, 0.717) is 31.8 Å². The number of carbonyl (C=O) groups is 3. The molecule has 1 aliphatic rings. The van der Waals surface area contributed by atoms with Crippen LogP contribution in [0.5, 0.6) is 0 Å². The van der Waals surface area contributed by atoms with E-state index >= 15 is 0 Å². The first-order valence-corrected chi connectivity index (χ1v) is 7.16. The van der Waals surface area contributed by atoms with Gasteiger partial charge in [-0.2, -0.15) is 0 Å². The van der Waals surface area contributed by atoms with Crippen LogP contribution in [-0.2, 0) is 14.4 Å². The van der Waals surface area contributed by atoms with E-state index in [1.165, 1.54) is 0 Å². The van der Waals surface area contributed by atoms with Crippen molar-refractivity contribution in [2.75, 3.05) is 13.1 Å². The van der Waals surface area contributed by atoms with Gasteiger partial charge in [0.2, 0.25) is 11.8 Å². The van der Waals surface area contributed by atoms with Crippen LogP contribution in [0.25, 0.3) is 0 Å². The summed E-state index contributed by atoms with van der Waals surface area (Å²) >= 11 is 0. The van der Waals surface area contributed by atoms with Crippen LogP contribution in [0, 0.1) is 11.8 Å². The van der Waals surface area contributed by atoms with Crippen molar-refractivity contribution >= 4 is 17.8 Å². The SMILES string of the molecule is CCCC(NC(=O)C1CC(=O)N(CC(C)C)C1)C(=O)O. The van der Waals surface area contributed by atoms with E-state index in [0.717, 1.165) is 0 Å². The summed E-state index contributed by atoms with van der Waals surface area (Å²) in [7, 11) is 0. The molecule has 1 saturated heterocycles. The average Bonchev–Trinajstić information content (AvgIpc) is 2.69. The number of hydrogen-bond acceptors (Lipinski definition) is 3. The quantitative estimate of drug-likeness (QED) is 0.726. The fourth-order valence-corrected chi connectivity index (χ4v) is 2.40. The minimum absolute atomic E-state index is 0.0267. The zero-order valence-electron chi connectivity index (χ0n) is 12.4. The first-order valence-electron chi connectivity index (χ1n) is 7.16. The zero-order chi connectivity index (χ0) is 15.3. The van der Waals surface area contributed by atoms with E-state index in [1.54, 1.807) is 4.90 Å². The number of carbonyl (C=O) groups excluding carboxylic acids is 2. The van der Waals surface area contributed by atoms with E-state index in [9.17, 15) is 14.4 Å². The second kappa shape index (κ2) is 7.26. The van der Waals surface area contributed by atoms with E-state index < -0.39 is 17.9 Å². The van der Waals surface area contributed by atoms with Crippen LogP contribution in [0.4, 0.5) is 0 Å². The van der Waals surface area contributed by atoms with Crippen molar-refractivity contribution in [2.45, 2.75) is 46.1 Å². The average molecular weight is 284 g/mol. The van der Waals surface area contributed by atoms with Gasteiger partial charge in [0.05, 0.1) is 5.92 Å². The van der Waals surface area contributed by atoms with Crippen molar-refractivity contribution in [1.82, 2.24) is 10.2 Å². The molecule has 0 radical (unpaired) electrons. The number of hydrogen-bond donors (Lipinski definition) is 2. The van der Waals surface area contributed by atoms with Gasteiger partial charge >= 0.3 is 5.97 Å². The Balaban J connectivity index is 2.56. The van der Waals surface area contributed by atoms with Gasteiger partial charge in [-0.05, 0) is 12.3 Å². The Morgan fingerprint density at radius 3 is 2.60 bits per heavy atom. The minimum atomic E-state index is -1.02. The van der Waals surface area contributed by atoms with Crippen LogP contribution in [0.2, 0.25) is 0 Å². The molecular formula is C14H24N2O4. The molecule has 2 atom stereocenters. The van der Waals surface area contributed by atoms with E-state index in [1.807, 2.05) is 20.8 Å². The lowest BCUT2D eigenvalue weighted by Gasteiger charge is -2.19. The summed E-state index contributed by atoms with van der Waals surface area (Å²) in [6.45, 7) is 6.93. The highest BCUT2D eigenvalue weighted by molar-refractivity contribution is 5.91. The normalized spacial score (nSPS) is 20.3. The van der Waals surface area contributed by atoms with Crippen molar-refractivity contribution in [2.24, 2.45) is 11.8 Å². The third-order valence-electron chi connectivity index (χ3n) is 3.36. The molecule has 6 heteroatoms. The molecule has 114 valence electrons. The van der Waals surface area contributed by atoms with E-state index in [-0.39, 0.29) is 18.2 Å². The summed E-state index contributed by atoms with van der Waals surface area (Å²) < 4.78 is 0. The van der Waals surface area contributed by atoms with Crippen molar-refractivity contribution in [3.63, 3.8) is 0 Å². The van der Waals surface area contributed by atoms with Crippen LogP contribution in [-0.4, -0.2) is 46.9 Å². The van der Waals surface area contributed by atoms with Gasteiger partial charge < -0.3 is 15.3 Å². The Hall–Kier alpha value is -1.59. The number of carboxylic acids is 1. The molecule has 1 heterocycles. The lowest BCUT2D eigenvalue weighted by Crippen LogP contribution is -2.44. The summed E-state index contributed by atoms with van der Waals surface area (Å²) in [4.78, 5) is 36.6. The summed E-state index contributed by atoms with van der Waals surface area (Å²) in [6, 6.07) is -0.859. The Bertz CT molecular complexity index is 381. The Kier molecular flexibility index (Phi) is 5.98. The molecule has 1 fully saturated rings. The maximum atomic E-state index is 12.1. The lowest BCUT2D eigenvalue weighted by molar-refractivity contribution is -0.142. The van der Waals surface area contributed by atoms with Crippen LogP contribution in [0.1, 0.15) is 40.0 Å². The maximum absolute atomic E-state index is 12.1. The smallest absolute Gasteiger partial charge is 0.326 e. The third kappa shape index (κ3) is 4.51. The molecule has 20 heavy (non-hydrogen) atoms. The minimum Gasteiger partial charge on any atom is -0.480 e. The summed E-state index contributed by atoms with van der Waals surface area (Å²) in [5.41, 5.74) is 0. The molecule has 0 bridgehead atoms. The van der Waals surface area contributed by atoms with Gasteiger partial charge in [0, 0.05) is 19.5 Å². The Labute approximate surface area is 119 Å². The third-order valence-corrected chi connectivity index (χ3v) is 3.36. The second-order valence-corrected chi connectivity index (χ2v) is 5.78. The predicted molar refractivity (Wildman–Crippen MR) is 74.0 cm³/mol. The van der Waals surface area contributed by atoms with Gasteiger partial charge in [-0.25, -0.2) is 4.79 Å². The van der Waals surface area contributed by atoms with Crippen LogP contribution in [0.15, 0.2) is 0 Å². The molecule has 2 unspecified atom stereocenters. The maximum Gasteiger partial charge on any atom is 0.326 e. The van der Waals surface area contributed by atoms with Gasteiger partial charge in [0.1, 0.15) is 6.04 Å². The molecular weight excluding hydrogens is 260 g/mol. The summed E-state index contributed by atoms with van der Waals surface area (Å²) in [5, 5.41) is 11.6. The molecule has 0 aromatic carbocycles. The predicted octanol–water partition coefficient (Wildman–Crippen LogP) is 0.860. The fraction of sp³-hybridized carbons (Fsp3) is 0.786. The molecule has 2 amide bonds. The first kappa shape index (κ1) is 16.5. The standard InChI is InChI=1S/C14H24N2O4/c1-4-5-11(14(19)20)15-13(18)10-6-12(17)16(8-10)7-9(2)3/h9-11H,4-8H2,1-3H3,(H,15,18)(H,19,20). The van der Waals surface area contributed by atoms with Crippen molar-refractivity contribution in [3.8, 4) is 0 Å².